The zero-order valence-electron chi connectivity index (χ0n) is 22.2. The predicted octanol–water partition coefficient (Wildman–Crippen LogP) is 7.76. The SMILES string of the molecule is Cc1cc2oc3c(c(=O)c2cc1C)C(c1ccc(OCc2ccccc2)cc1)N(c1cccc(C(F)(F)F)c1)C3=O. The fourth-order valence-corrected chi connectivity index (χ4v) is 5.13. The van der Waals surface area contributed by atoms with E-state index in [9.17, 15) is 22.8 Å². The van der Waals surface area contributed by atoms with E-state index in [-0.39, 0.29) is 22.6 Å². The zero-order chi connectivity index (χ0) is 28.9. The van der Waals surface area contributed by atoms with Crippen LogP contribution in [-0.2, 0) is 12.8 Å². The summed E-state index contributed by atoms with van der Waals surface area (Å²) in [5, 5.41) is 0.304. The first-order valence-corrected chi connectivity index (χ1v) is 13.0. The van der Waals surface area contributed by atoms with E-state index in [0.29, 0.717) is 23.3 Å². The van der Waals surface area contributed by atoms with Crippen molar-refractivity contribution in [2.45, 2.75) is 32.7 Å². The maximum atomic E-state index is 13.9. The lowest BCUT2D eigenvalue weighted by Crippen LogP contribution is -2.29. The maximum Gasteiger partial charge on any atom is 0.416 e. The molecular weight excluding hydrogens is 531 g/mol. The van der Waals surface area contributed by atoms with E-state index < -0.39 is 29.1 Å². The van der Waals surface area contributed by atoms with Gasteiger partial charge in [-0.1, -0.05) is 48.5 Å². The number of hydrogen-bond donors (Lipinski definition) is 0. The van der Waals surface area contributed by atoms with E-state index >= 15 is 0 Å². The largest absolute Gasteiger partial charge is 0.489 e. The molecule has 0 bridgehead atoms. The number of carbonyl (C=O) groups is 1. The van der Waals surface area contributed by atoms with Crippen molar-refractivity contribution in [2.24, 2.45) is 0 Å². The van der Waals surface area contributed by atoms with Crippen LogP contribution in [0.1, 0.15) is 50.0 Å². The summed E-state index contributed by atoms with van der Waals surface area (Å²) < 4.78 is 52.7. The molecule has 8 heteroatoms. The van der Waals surface area contributed by atoms with Gasteiger partial charge in [0.25, 0.3) is 5.91 Å². The summed E-state index contributed by atoms with van der Waals surface area (Å²) in [7, 11) is 0. The Balaban J connectivity index is 1.48. The normalized spacial score (nSPS) is 14.9. The molecule has 1 unspecified atom stereocenters. The van der Waals surface area contributed by atoms with Gasteiger partial charge in [-0.05, 0) is 78.6 Å². The Hall–Kier alpha value is -4.85. The molecule has 4 aromatic carbocycles. The second-order valence-corrected chi connectivity index (χ2v) is 10.1. The van der Waals surface area contributed by atoms with Crippen LogP contribution in [-0.4, -0.2) is 5.91 Å². The van der Waals surface area contributed by atoms with Crippen molar-refractivity contribution in [1.82, 2.24) is 0 Å². The summed E-state index contributed by atoms with van der Waals surface area (Å²) in [4.78, 5) is 28.9. The van der Waals surface area contributed by atoms with Crippen molar-refractivity contribution in [3.05, 3.63) is 140 Å². The molecule has 0 radical (unpaired) electrons. The number of hydrogen-bond acceptors (Lipinski definition) is 4. The molecule has 206 valence electrons. The van der Waals surface area contributed by atoms with Gasteiger partial charge in [-0.15, -0.1) is 0 Å². The number of benzene rings is 4. The minimum Gasteiger partial charge on any atom is -0.489 e. The Morgan fingerprint density at radius 1 is 0.854 bits per heavy atom. The molecule has 0 saturated carbocycles. The Morgan fingerprint density at radius 3 is 2.27 bits per heavy atom. The summed E-state index contributed by atoms with van der Waals surface area (Å²) in [6.07, 6.45) is -4.61. The molecule has 1 amide bonds. The first-order valence-electron chi connectivity index (χ1n) is 13.0. The zero-order valence-corrected chi connectivity index (χ0v) is 22.2. The lowest BCUT2D eigenvalue weighted by atomic mass is 9.97. The quantitative estimate of drug-likeness (QED) is 0.222. The number of rotatable bonds is 5. The molecule has 1 atom stereocenters. The third-order valence-corrected chi connectivity index (χ3v) is 7.38. The number of carbonyl (C=O) groups excluding carboxylic acids is 1. The minimum atomic E-state index is -4.61. The van der Waals surface area contributed by atoms with Gasteiger partial charge in [0.1, 0.15) is 17.9 Å². The molecule has 0 spiro atoms. The van der Waals surface area contributed by atoms with E-state index in [4.69, 9.17) is 9.15 Å². The van der Waals surface area contributed by atoms with Gasteiger partial charge in [-0.25, -0.2) is 0 Å². The standard InChI is InChI=1S/C33H24F3NO4/c1-19-15-26-27(16-20(19)2)41-31-28(30(26)38)29(37(32(31)39)24-10-6-9-23(17-24)33(34,35)36)22-11-13-25(14-12-22)40-18-21-7-4-3-5-8-21/h3-17,29H,18H2,1-2H3. The number of alkyl halides is 3. The lowest BCUT2D eigenvalue weighted by Gasteiger charge is -2.26. The van der Waals surface area contributed by atoms with Crippen molar-refractivity contribution in [2.75, 3.05) is 4.90 Å². The number of nitrogens with zero attached hydrogens (tertiary/aromatic N) is 1. The molecule has 5 nitrogen and oxygen atoms in total. The highest BCUT2D eigenvalue weighted by atomic mass is 19.4. The molecule has 2 heterocycles. The monoisotopic (exact) mass is 555 g/mol. The van der Waals surface area contributed by atoms with Gasteiger partial charge >= 0.3 is 6.18 Å². The fraction of sp³-hybridized carbons (Fsp3) is 0.152. The van der Waals surface area contributed by atoms with Crippen molar-refractivity contribution in [3.63, 3.8) is 0 Å². The first kappa shape index (κ1) is 26.4. The predicted molar refractivity (Wildman–Crippen MR) is 149 cm³/mol. The highest BCUT2D eigenvalue weighted by molar-refractivity contribution is 6.10. The number of anilines is 1. The number of halogens is 3. The van der Waals surface area contributed by atoms with Crippen LogP contribution in [0.3, 0.4) is 0 Å². The highest BCUT2D eigenvalue weighted by Crippen LogP contribution is 2.43. The Morgan fingerprint density at radius 2 is 1.56 bits per heavy atom. The Bertz CT molecular complexity index is 1840. The van der Waals surface area contributed by atoms with E-state index in [1.54, 1.807) is 36.4 Å². The molecule has 1 aliphatic heterocycles. The van der Waals surface area contributed by atoms with E-state index in [1.807, 2.05) is 44.2 Å². The van der Waals surface area contributed by atoms with Crippen LogP contribution in [0.15, 0.2) is 100 Å². The van der Waals surface area contributed by atoms with Crippen LogP contribution in [0.2, 0.25) is 0 Å². The molecule has 6 rings (SSSR count). The Labute approximate surface area is 233 Å². The molecule has 1 aliphatic rings. The van der Waals surface area contributed by atoms with Crippen LogP contribution >= 0.6 is 0 Å². The summed E-state index contributed by atoms with van der Waals surface area (Å²) in [6.45, 7) is 4.08. The van der Waals surface area contributed by atoms with E-state index in [0.717, 1.165) is 28.8 Å². The molecule has 0 aliphatic carbocycles. The molecule has 0 saturated heterocycles. The second kappa shape index (κ2) is 9.96. The Kier molecular flexibility index (Phi) is 6.41. The average Bonchev–Trinajstić information content (AvgIpc) is 3.25. The number of fused-ring (bicyclic) bond motifs is 2. The van der Waals surface area contributed by atoms with Gasteiger partial charge in [0.2, 0.25) is 5.76 Å². The molecule has 41 heavy (non-hydrogen) atoms. The second-order valence-electron chi connectivity index (χ2n) is 10.1. The summed E-state index contributed by atoms with van der Waals surface area (Å²) in [5.74, 6) is -0.312. The number of ether oxygens (including phenoxy) is 1. The summed E-state index contributed by atoms with van der Waals surface area (Å²) >= 11 is 0. The average molecular weight is 556 g/mol. The summed E-state index contributed by atoms with van der Waals surface area (Å²) in [5.41, 5.74) is 2.29. The van der Waals surface area contributed by atoms with Crippen LogP contribution in [0, 0.1) is 13.8 Å². The smallest absolute Gasteiger partial charge is 0.416 e. The molecule has 5 aromatic rings. The molecular formula is C33H24F3NO4. The number of aryl methyl sites for hydroxylation is 2. The van der Waals surface area contributed by atoms with E-state index in [2.05, 4.69) is 0 Å². The molecule has 0 fully saturated rings. The lowest BCUT2D eigenvalue weighted by molar-refractivity contribution is -0.137. The maximum absolute atomic E-state index is 13.9. The first-order chi connectivity index (χ1) is 19.6. The van der Waals surface area contributed by atoms with Crippen LogP contribution in [0.5, 0.6) is 5.75 Å². The fourth-order valence-electron chi connectivity index (χ4n) is 5.13. The molecule has 1 aromatic heterocycles. The summed E-state index contributed by atoms with van der Waals surface area (Å²) in [6, 6.07) is 23.4. The highest BCUT2D eigenvalue weighted by Gasteiger charge is 2.44. The van der Waals surface area contributed by atoms with E-state index in [1.165, 1.54) is 17.0 Å². The minimum absolute atomic E-state index is 0.00134. The van der Waals surface area contributed by atoms with Gasteiger partial charge in [0.05, 0.1) is 22.6 Å². The van der Waals surface area contributed by atoms with Crippen molar-refractivity contribution >= 4 is 22.6 Å². The van der Waals surface area contributed by atoms with Gasteiger partial charge in [-0.3, -0.25) is 14.5 Å². The van der Waals surface area contributed by atoms with Crippen molar-refractivity contribution in [1.29, 1.82) is 0 Å². The topological polar surface area (TPSA) is 59.8 Å². The van der Waals surface area contributed by atoms with Gasteiger partial charge < -0.3 is 9.15 Å². The van der Waals surface area contributed by atoms with Crippen LogP contribution in [0.4, 0.5) is 18.9 Å². The van der Waals surface area contributed by atoms with Gasteiger partial charge in [-0.2, -0.15) is 13.2 Å². The van der Waals surface area contributed by atoms with Gasteiger partial charge in [0, 0.05) is 5.69 Å². The third-order valence-electron chi connectivity index (χ3n) is 7.38. The number of amides is 1. The van der Waals surface area contributed by atoms with Crippen molar-refractivity contribution < 1.29 is 27.1 Å². The van der Waals surface area contributed by atoms with Crippen LogP contribution in [0.25, 0.3) is 11.0 Å². The van der Waals surface area contributed by atoms with Crippen LogP contribution < -0.4 is 15.1 Å². The third kappa shape index (κ3) is 4.75. The molecule has 0 N–H and O–H groups in total. The van der Waals surface area contributed by atoms with Gasteiger partial charge in [0.15, 0.2) is 5.43 Å². The van der Waals surface area contributed by atoms with Crippen molar-refractivity contribution in [3.8, 4) is 5.75 Å².